The third kappa shape index (κ3) is 2.06. The van der Waals surface area contributed by atoms with Gasteiger partial charge in [0.05, 0.1) is 11.0 Å². The van der Waals surface area contributed by atoms with Gasteiger partial charge >= 0.3 is 6.18 Å². The fraction of sp³-hybridized carbons (Fsp3) is 0.100. The molecule has 1 aromatic heterocycles. The minimum Gasteiger partial charge on any atom is -0.492 e. The number of fused-ring (bicyclic) bond motifs is 1. The first-order valence-electron chi connectivity index (χ1n) is 4.67. The summed E-state index contributed by atoms with van der Waals surface area (Å²) in [5.41, 5.74) is 4.12. The highest BCUT2D eigenvalue weighted by molar-refractivity contribution is 7.80. The van der Waals surface area contributed by atoms with Crippen molar-refractivity contribution in [3.05, 3.63) is 29.5 Å². The van der Waals surface area contributed by atoms with Crippen LogP contribution in [0.5, 0.6) is 5.88 Å². The van der Waals surface area contributed by atoms with Crippen LogP contribution >= 0.6 is 12.2 Å². The number of nitrogens with zero attached hydrogens (tertiary/aromatic N) is 2. The van der Waals surface area contributed by atoms with Crippen molar-refractivity contribution in [2.24, 2.45) is 5.73 Å². The van der Waals surface area contributed by atoms with E-state index in [9.17, 15) is 18.3 Å². The Bertz CT molecular complexity index is 642. The van der Waals surface area contributed by atoms with E-state index in [0.29, 0.717) is 0 Å². The van der Waals surface area contributed by atoms with Crippen LogP contribution in [0.4, 0.5) is 13.2 Å². The first-order chi connectivity index (χ1) is 8.30. The molecule has 1 heterocycles. The van der Waals surface area contributed by atoms with Crippen LogP contribution in [0.2, 0.25) is 0 Å². The zero-order valence-corrected chi connectivity index (χ0v) is 9.51. The number of rotatable bonds is 1. The van der Waals surface area contributed by atoms with Crippen molar-refractivity contribution in [3.63, 3.8) is 0 Å². The van der Waals surface area contributed by atoms with Crippen LogP contribution in [0.15, 0.2) is 18.2 Å². The molecule has 0 bridgehead atoms. The standard InChI is InChI=1S/C10H6F3N3OS/c11-10(12,13)7-9(17)15-5-3-1-2-4(8(14)18)6(5)16-7/h1-3H,(H2,14,18)(H,15,17). The Morgan fingerprint density at radius 2 is 1.94 bits per heavy atom. The molecule has 0 saturated carbocycles. The Balaban J connectivity index is 2.83. The Kier molecular flexibility index (Phi) is 2.81. The third-order valence-electron chi connectivity index (χ3n) is 2.21. The normalized spacial score (nSPS) is 11.7. The van der Waals surface area contributed by atoms with Crippen molar-refractivity contribution in [1.82, 2.24) is 9.97 Å². The second-order valence-electron chi connectivity index (χ2n) is 3.43. The molecule has 0 atom stereocenters. The number of para-hydroxylation sites is 1. The molecule has 0 spiro atoms. The van der Waals surface area contributed by atoms with Gasteiger partial charge in [-0.25, -0.2) is 9.97 Å². The van der Waals surface area contributed by atoms with Gasteiger partial charge in [-0.3, -0.25) is 0 Å². The molecule has 0 saturated heterocycles. The van der Waals surface area contributed by atoms with Gasteiger partial charge in [-0.1, -0.05) is 18.3 Å². The number of aromatic nitrogens is 2. The first-order valence-corrected chi connectivity index (χ1v) is 5.08. The number of halogens is 3. The predicted octanol–water partition coefficient (Wildman–Crippen LogP) is 1.99. The molecule has 0 radical (unpaired) electrons. The zero-order valence-electron chi connectivity index (χ0n) is 8.69. The van der Waals surface area contributed by atoms with Gasteiger partial charge in [-0.05, 0) is 12.1 Å². The van der Waals surface area contributed by atoms with Gasteiger partial charge in [0.2, 0.25) is 11.6 Å². The zero-order chi connectivity index (χ0) is 13.5. The molecule has 3 N–H and O–H groups in total. The largest absolute Gasteiger partial charge is 0.492 e. The molecule has 94 valence electrons. The second kappa shape index (κ2) is 4.05. The SMILES string of the molecule is NC(=S)c1cccc2nc(O)c(C(F)(F)F)nc12. The summed E-state index contributed by atoms with van der Waals surface area (Å²) < 4.78 is 37.7. The fourth-order valence-electron chi connectivity index (χ4n) is 1.46. The lowest BCUT2D eigenvalue weighted by Crippen LogP contribution is -2.14. The van der Waals surface area contributed by atoms with Crippen molar-refractivity contribution >= 4 is 28.2 Å². The predicted molar refractivity (Wildman–Crippen MR) is 62.1 cm³/mol. The molecule has 1 aromatic carbocycles. The molecule has 4 nitrogen and oxygen atoms in total. The summed E-state index contributed by atoms with van der Waals surface area (Å²) in [5, 5.41) is 9.22. The maximum atomic E-state index is 12.6. The summed E-state index contributed by atoms with van der Waals surface area (Å²) in [4.78, 5) is 6.72. The maximum absolute atomic E-state index is 12.6. The Hall–Kier alpha value is -1.96. The quantitative estimate of drug-likeness (QED) is 0.777. The van der Waals surface area contributed by atoms with E-state index in [1.807, 2.05) is 0 Å². The highest BCUT2D eigenvalue weighted by atomic mass is 32.1. The first kappa shape index (κ1) is 12.5. The van der Waals surface area contributed by atoms with Gasteiger partial charge in [0.25, 0.3) is 0 Å². The lowest BCUT2D eigenvalue weighted by molar-refractivity contribution is -0.142. The minimum absolute atomic E-state index is 0.0878. The molecule has 0 amide bonds. The summed E-state index contributed by atoms with van der Waals surface area (Å²) in [7, 11) is 0. The Labute approximate surface area is 104 Å². The second-order valence-corrected chi connectivity index (χ2v) is 3.87. The maximum Gasteiger partial charge on any atom is 0.438 e. The molecule has 18 heavy (non-hydrogen) atoms. The van der Waals surface area contributed by atoms with Crippen LogP contribution in [-0.2, 0) is 6.18 Å². The smallest absolute Gasteiger partial charge is 0.438 e. The molecule has 2 rings (SSSR count). The van der Waals surface area contributed by atoms with E-state index in [4.69, 9.17) is 18.0 Å². The van der Waals surface area contributed by atoms with Crippen molar-refractivity contribution < 1.29 is 18.3 Å². The van der Waals surface area contributed by atoms with Crippen LogP contribution < -0.4 is 5.73 Å². The van der Waals surface area contributed by atoms with Gasteiger partial charge in [0.1, 0.15) is 4.99 Å². The summed E-state index contributed by atoms with van der Waals surface area (Å²) in [6.07, 6.45) is -4.80. The van der Waals surface area contributed by atoms with E-state index in [-0.39, 0.29) is 21.6 Å². The van der Waals surface area contributed by atoms with Crippen LogP contribution in [0.25, 0.3) is 11.0 Å². The van der Waals surface area contributed by atoms with E-state index in [1.54, 1.807) is 0 Å². The van der Waals surface area contributed by atoms with E-state index in [0.717, 1.165) is 0 Å². The van der Waals surface area contributed by atoms with Crippen molar-refractivity contribution in [2.45, 2.75) is 6.18 Å². The van der Waals surface area contributed by atoms with Crippen LogP contribution in [0.3, 0.4) is 0 Å². The Morgan fingerprint density at radius 1 is 1.28 bits per heavy atom. The lowest BCUT2D eigenvalue weighted by atomic mass is 10.1. The number of hydrogen-bond donors (Lipinski definition) is 2. The average Bonchev–Trinajstić information content (AvgIpc) is 2.25. The number of alkyl halides is 3. The van der Waals surface area contributed by atoms with Gasteiger partial charge in [0, 0.05) is 5.56 Å². The van der Waals surface area contributed by atoms with Gasteiger partial charge < -0.3 is 10.8 Å². The number of aromatic hydroxyl groups is 1. The molecule has 0 aliphatic heterocycles. The summed E-state index contributed by atoms with van der Waals surface area (Å²) in [5.74, 6) is -1.17. The Morgan fingerprint density at radius 3 is 2.50 bits per heavy atom. The van der Waals surface area contributed by atoms with Crippen molar-refractivity contribution in [3.8, 4) is 5.88 Å². The monoisotopic (exact) mass is 273 g/mol. The summed E-state index contributed by atoms with van der Waals surface area (Å²) >= 11 is 4.73. The molecule has 0 aliphatic rings. The van der Waals surface area contributed by atoms with E-state index < -0.39 is 17.8 Å². The van der Waals surface area contributed by atoms with Crippen molar-refractivity contribution in [1.29, 1.82) is 0 Å². The molecule has 8 heteroatoms. The summed E-state index contributed by atoms with van der Waals surface area (Å²) in [6, 6.07) is 4.36. The highest BCUT2D eigenvalue weighted by Gasteiger charge is 2.37. The highest BCUT2D eigenvalue weighted by Crippen LogP contribution is 2.34. The van der Waals surface area contributed by atoms with Crippen LogP contribution in [-0.4, -0.2) is 20.1 Å². The fourth-order valence-corrected chi connectivity index (χ4v) is 1.62. The van der Waals surface area contributed by atoms with Crippen LogP contribution in [0, 0.1) is 0 Å². The summed E-state index contributed by atoms with van der Waals surface area (Å²) in [6.45, 7) is 0. The van der Waals surface area contributed by atoms with E-state index in [1.165, 1.54) is 18.2 Å². The number of thiocarbonyl (C=S) groups is 1. The molecular formula is C10H6F3N3OS. The molecule has 2 aromatic rings. The van der Waals surface area contributed by atoms with E-state index >= 15 is 0 Å². The third-order valence-corrected chi connectivity index (χ3v) is 2.43. The molecule has 0 unspecified atom stereocenters. The lowest BCUT2D eigenvalue weighted by Gasteiger charge is -2.10. The number of nitrogens with two attached hydrogens (primary N) is 1. The minimum atomic E-state index is -4.80. The molecule has 0 aliphatic carbocycles. The average molecular weight is 273 g/mol. The van der Waals surface area contributed by atoms with Crippen LogP contribution in [0.1, 0.15) is 11.3 Å². The number of benzene rings is 1. The van der Waals surface area contributed by atoms with Gasteiger partial charge in [-0.15, -0.1) is 0 Å². The van der Waals surface area contributed by atoms with Gasteiger partial charge in [0.15, 0.2) is 0 Å². The number of hydrogen-bond acceptors (Lipinski definition) is 4. The molecular weight excluding hydrogens is 267 g/mol. The molecule has 0 fully saturated rings. The van der Waals surface area contributed by atoms with Gasteiger partial charge in [-0.2, -0.15) is 13.2 Å². The topological polar surface area (TPSA) is 72.0 Å². The van der Waals surface area contributed by atoms with E-state index in [2.05, 4.69) is 9.97 Å². The van der Waals surface area contributed by atoms with Crippen molar-refractivity contribution in [2.75, 3.05) is 0 Å².